The van der Waals surface area contributed by atoms with Crippen LogP contribution in [-0.4, -0.2) is 29.1 Å². The average molecular weight is 462 g/mol. The van der Waals surface area contributed by atoms with E-state index in [1.54, 1.807) is 9.80 Å². The van der Waals surface area contributed by atoms with Gasteiger partial charge in [0, 0.05) is 23.5 Å². The number of carbonyl (C=O) groups is 2. The molecule has 1 unspecified atom stereocenters. The number of hydrogen-bond donors (Lipinski definition) is 1. The van der Waals surface area contributed by atoms with Gasteiger partial charge in [0.25, 0.3) is 5.91 Å². The molecule has 2 aliphatic rings. The third-order valence-corrected chi connectivity index (χ3v) is 7.57. The summed E-state index contributed by atoms with van der Waals surface area (Å²) in [4.78, 5) is 29.6. The Kier molecular flexibility index (Phi) is 5.37. The summed E-state index contributed by atoms with van der Waals surface area (Å²) < 4.78 is 13.3. The molecule has 1 spiro atoms. The van der Waals surface area contributed by atoms with Gasteiger partial charge in [-0.25, -0.2) is 9.18 Å². The van der Waals surface area contributed by atoms with Crippen LogP contribution in [0.2, 0.25) is 0 Å². The maximum Gasteiger partial charge on any atom is 0.323 e. The number of amides is 3. The first-order valence-electron chi connectivity index (χ1n) is 10.9. The number of halogens is 1. The third-order valence-electron chi connectivity index (χ3n) is 6.15. The van der Waals surface area contributed by atoms with Crippen LogP contribution >= 0.6 is 11.8 Å². The Labute approximate surface area is 196 Å². The number of nitrogens with zero attached hydrogens (tertiary/aromatic N) is 2. The Morgan fingerprint density at radius 2 is 1.73 bits per heavy atom. The van der Waals surface area contributed by atoms with Crippen LogP contribution in [0.5, 0.6) is 0 Å². The van der Waals surface area contributed by atoms with Crippen LogP contribution < -0.4 is 10.2 Å². The third kappa shape index (κ3) is 3.66. The summed E-state index contributed by atoms with van der Waals surface area (Å²) in [6.45, 7) is 4.90. The lowest BCUT2D eigenvalue weighted by Crippen LogP contribution is -2.51. The maximum atomic E-state index is 14.0. The highest BCUT2D eigenvalue weighted by Gasteiger charge is 2.59. The number of aryl methyl sites for hydroxylation is 2. The van der Waals surface area contributed by atoms with Gasteiger partial charge in [-0.3, -0.25) is 9.69 Å². The minimum absolute atomic E-state index is 0.111. The lowest BCUT2D eigenvalue weighted by atomic mass is 10.0. The van der Waals surface area contributed by atoms with Crippen molar-refractivity contribution in [3.05, 3.63) is 94.8 Å². The number of carbonyl (C=O) groups excluding carboxylic acids is 2. The molecule has 0 aromatic heterocycles. The van der Waals surface area contributed by atoms with Crippen LogP contribution in [0.3, 0.4) is 0 Å². The number of fused-ring (bicyclic) bond motifs is 2. The number of thioether (sulfide) groups is 1. The summed E-state index contributed by atoms with van der Waals surface area (Å²) in [6, 6.07) is 19.4. The van der Waals surface area contributed by atoms with Crippen molar-refractivity contribution in [2.24, 2.45) is 0 Å². The highest BCUT2D eigenvalue weighted by atomic mass is 32.2. The van der Waals surface area contributed by atoms with Crippen molar-refractivity contribution in [2.45, 2.75) is 25.3 Å². The topological polar surface area (TPSA) is 52.7 Å². The minimum atomic E-state index is -1.11. The van der Waals surface area contributed by atoms with Crippen LogP contribution in [-0.2, 0) is 16.2 Å². The monoisotopic (exact) mass is 461 g/mol. The molecule has 2 aliphatic heterocycles. The molecule has 1 saturated heterocycles. The fourth-order valence-electron chi connectivity index (χ4n) is 4.49. The largest absolute Gasteiger partial charge is 0.323 e. The molecule has 3 aromatic carbocycles. The van der Waals surface area contributed by atoms with Gasteiger partial charge >= 0.3 is 6.03 Å². The van der Waals surface area contributed by atoms with Crippen molar-refractivity contribution in [2.75, 3.05) is 22.5 Å². The molecule has 3 aromatic rings. The highest BCUT2D eigenvalue weighted by Crippen LogP contribution is 2.54. The van der Waals surface area contributed by atoms with Gasteiger partial charge < -0.3 is 10.2 Å². The summed E-state index contributed by atoms with van der Waals surface area (Å²) in [6.07, 6.45) is 0. The van der Waals surface area contributed by atoms with E-state index in [0.29, 0.717) is 24.5 Å². The van der Waals surface area contributed by atoms with Crippen molar-refractivity contribution in [1.82, 2.24) is 4.90 Å². The van der Waals surface area contributed by atoms with Crippen LogP contribution in [0.25, 0.3) is 0 Å². The van der Waals surface area contributed by atoms with E-state index in [1.165, 1.54) is 36.0 Å². The highest BCUT2D eigenvalue weighted by molar-refractivity contribution is 8.01. The maximum absolute atomic E-state index is 14.0. The van der Waals surface area contributed by atoms with Gasteiger partial charge in [0.2, 0.25) is 0 Å². The first-order chi connectivity index (χ1) is 15.9. The normalized spacial score (nSPS) is 19.3. The molecule has 0 aliphatic carbocycles. The molecule has 5 rings (SSSR count). The van der Waals surface area contributed by atoms with Gasteiger partial charge in [-0.1, -0.05) is 47.5 Å². The summed E-state index contributed by atoms with van der Waals surface area (Å²) in [5.41, 5.74) is 5.39. The predicted octanol–water partition coefficient (Wildman–Crippen LogP) is 5.42. The molecule has 168 valence electrons. The quantitative estimate of drug-likeness (QED) is 0.566. The van der Waals surface area contributed by atoms with Gasteiger partial charge in [0.15, 0.2) is 4.87 Å². The van der Waals surface area contributed by atoms with Crippen molar-refractivity contribution in [3.8, 4) is 0 Å². The molecule has 33 heavy (non-hydrogen) atoms. The van der Waals surface area contributed by atoms with Gasteiger partial charge in [-0.15, -0.1) is 11.8 Å². The number of rotatable bonds is 3. The van der Waals surface area contributed by atoms with Crippen molar-refractivity contribution in [3.63, 3.8) is 0 Å². The summed E-state index contributed by atoms with van der Waals surface area (Å²) >= 11 is 1.49. The zero-order valence-electron chi connectivity index (χ0n) is 18.5. The Morgan fingerprint density at radius 1 is 1.03 bits per heavy atom. The number of anilines is 2. The van der Waals surface area contributed by atoms with E-state index in [-0.39, 0.29) is 17.8 Å². The molecule has 0 radical (unpaired) electrons. The smallest absolute Gasteiger partial charge is 0.308 e. The van der Waals surface area contributed by atoms with E-state index in [4.69, 9.17) is 0 Å². The van der Waals surface area contributed by atoms with E-state index in [1.807, 2.05) is 56.3 Å². The standard InChI is InChI=1S/C26H24FN3O2S/c1-17-3-6-19(7-4-17)16-29-23-12-5-18(2)15-22(23)26(24(29)31)30(13-14-33-26)25(32)28-21-10-8-20(27)9-11-21/h3-12,15H,13-14,16H2,1-2H3,(H,28,32). The molecule has 7 heteroatoms. The molecule has 1 N–H and O–H groups in total. The molecule has 3 amide bonds. The van der Waals surface area contributed by atoms with Crippen LogP contribution in [0.1, 0.15) is 22.3 Å². The van der Waals surface area contributed by atoms with Gasteiger partial charge in [0.1, 0.15) is 5.82 Å². The molecule has 5 nitrogen and oxygen atoms in total. The van der Waals surface area contributed by atoms with Crippen molar-refractivity contribution >= 4 is 35.1 Å². The fourth-order valence-corrected chi connectivity index (χ4v) is 5.94. The lowest BCUT2D eigenvalue weighted by molar-refractivity contribution is -0.123. The molecule has 2 heterocycles. The SMILES string of the molecule is Cc1ccc(CN2C(=O)C3(SCCN3C(=O)Nc3ccc(F)cc3)c3cc(C)ccc32)cc1. The predicted molar refractivity (Wildman–Crippen MR) is 130 cm³/mol. The van der Waals surface area contributed by atoms with E-state index in [9.17, 15) is 14.0 Å². The fraction of sp³-hybridized carbons (Fsp3) is 0.231. The van der Waals surface area contributed by atoms with E-state index >= 15 is 0 Å². The molecule has 1 fully saturated rings. The van der Waals surface area contributed by atoms with Gasteiger partial charge in [-0.2, -0.15) is 0 Å². The summed E-state index contributed by atoms with van der Waals surface area (Å²) in [5.74, 6) is 0.165. The zero-order valence-corrected chi connectivity index (χ0v) is 19.3. The number of urea groups is 1. The summed E-state index contributed by atoms with van der Waals surface area (Å²) in [7, 11) is 0. The Bertz CT molecular complexity index is 1230. The first-order valence-corrected chi connectivity index (χ1v) is 11.8. The van der Waals surface area contributed by atoms with E-state index in [0.717, 1.165) is 27.9 Å². The zero-order chi connectivity index (χ0) is 23.2. The number of benzene rings is 3. The second-order valence-electron chi connectivity index (χ2n) is 8.48. The lowest BCUT2D eigenvalue weighted by Gasteiger charge is -2.33. The van der Waals surface area contributed by atoms with Crippen LogP contribution in [0, 0.1) is 19.7 Å². The van der Waals surface area contributed by atoms with E-state index < -0.39 is 4.87 Å². The van der Waals surface area contributed by atoms with Crippen LogP contribution in [0.15, 0.2) is 66.7 Å². The molecular weight excluding hydrogens is 437 g/mol. The van der Waals surface area contributed by atoms with Crippen molar-refractivity contribution < 1.29 is 14.0 Å². The molecule has 0 saturated carbocycles. The Morgan fingerprint density at radius 3 is 2.45 bits per heavy atom. The Hall–Kier alpha value is -3.32. The molecule has 0 bridgehead atoms. The molecule has 1 atom stereocenters. The average Bonchev–Trinajstić information content (AvgIpc) is 3.34. The second kappa shape index (κ2) is 8.23. The summed E-state index contributed by atoms with van der Waals surface area (Å²) in [5, 5.41) is 2.84. The molecular formula is C26H24FN3O2S. The number of hydrogen-bond acceptors (Lipinski definition) is 3. The second-order valence-corrected chi connectivity index (χ2v) is 9.77. The van der Waals surface area contributed by atoms with E-state index in [2.05, 4.69) is 5.32 Å². The van der Waals surface area contributed by atoms with Gasteiger partial charge in [-0.05, 0) is 49.7 Å². The van der Waals surface area contributed by atoms with Gasteiger partial charge in [0.05, 0.1) is 12.2 Å². The van der Waals surface area contributed by atoms with Crippen molar-refractivity contribution in [1.29, 1.82) is 0 Å². The van der Waals surface area contributed by atoms with Crippen LogP contribution in [0.4, 0.5) is 20.6 Å². The number of nitrogens with one attached hydrogen (secondary N) is 1. The minimum Gasteiger partial charge on any atom is -0.308 e. The Balaban J connectivity index is 1.52. The first kappa shape index (κ1) is 21.5.